The van der Waals surface area contributed by atoms with E-state index in [2.05, 4.69) is 5.32 Å². The van der Waals surface area contributed by atoms with Crippen molar-refractivity contribution in [1.82, 2.24) is 0 Å². The standard InChI is InChI=1S/C18H17ClN2O4S/c1-11-6-7-14(9-16(11)19)20-17(22)13-4-3-5-15(8-13)21-18(23)12(2)10-26(21,24)25/h3-9,12H,10H2,1-2H3,(H,20,22)/t12-/m1/s1. The molecular weight excluding hydrogens is 376 g/mol. The molecule has 1 aliphatic heterocycles. The van der Waals surface area contributed by atoms with Crippen molar-refractivity contribution in [3.8, 4) is 0 Å². The van der Waals surface area contributed by atoms with Gasteiger partial charge >= 0.3 is 0 Å². The van der Waals surface area contributed by atoms with E-state index < -0.39 is 27.8 Å². The Labute approximate surface area is 156 Å². The number of halogens is 1. The van der Waals surface area contributed by atoms with Gasteiger partial charge in [-0.3, -0.25) is 9.59 Å². The molecule has 0 unspecified atom stereocenters. The summed E-state index contributed by atoms with van der Waals surface area (Å²) in [6.45, 7) is 3.42. The molecule has 2 aromatic rings. The van der Waals surface area contributed by atoms with E-state index in [9.17, 15) is 18.0 Å². The van der Waals surface area contributed by atoms with Crippen LogP contribution in [-0.4, -0.2) is 26.0 Å². The minimum atomic E-state index is -3.72. The van der Waals surface area contributed by atoms with Gasteiger partial charge in [0.2, 0.25) is 15.9 Å². The third-order valence-electron chi connectivity index (χ3n) is 4.13. The fourth-order valence-corrected chi connectivity index (χ4v) is 4.73. The number of amides is 2. The van der Waals surface area contributed by atoms with Gasteiger partial charge in [0.1, 0.15) is 0 Å². The molecule has 0 spiro atoms. The Morgan fingerprint density at radius 2 is 1.96 bits per heavy atom. The lowest BCUT2D eigenvalue weighted by atomic mass is 10.1. The predicted octanol–water partition coefficient (Wildman–Crippen LogP) is 3.21. The number of hydrogen-bond acceptors (Lipinski definition) is 4. The van der Waals surface area contributed by atoms with Crippen LogP contribution in [0.25, 0.3) is 0 Å². The molecular formula is C18H17ClN2O4S. The molecule has 6 nitrogen and oxygen atoms in total. The lowest BCUT2D eigenvalue weighted by molar-refractivity contribution is -0.119. The first-order valence-electron chi connectivity index (χ1n) is 7.93. The highest BCUT2D eigenvalue weighted by Crippen LogP contribution is 2.29. The van der Waals surface area contributed by atoms with Crippen molar-refractivity contribution < 1.29 is 18.0 Å². The van der Waals surface area contributed by atoms with Crippen molar-refractivity contribution in [1.29, 1.82) is 0 Å². The molecule has 1 saturated heterocycles. The van der Waals surface area contributed by atoms with Crippen molar-refractivity contribution in [2.45, 2.75) is 13.8 Å². The molecule has 1 atom stereocenters. The average molecular weight is 393 g/mol. The average Bonchev–Trinajstić information content (AvgIpc) is 2.78. The van der Waals surface area contributed by atoms with Crippen LogP contribution in [0.4, 0.5) is 11.4 Å². The zero-order valence-corrected chi connectivity index (χ0v) is 15.8. The summed E-state index contributed by atoms with van der Waals surface area (Å²) in [5, 5.41) is 3.24. The van der Waals surface area contributed by atoms with Gasteiger partial charge < -0.3 is 5.32 Å². The van der Waals surface area contributed by atoms with Crippen molar-refractivity contribution >= 4 is 44.8 Å². The summed E-state index contributed by atoms with van der Waals surface area (Å²) in [5.41, 5.74) is 1.81. The summed E-state index contributed by atoms with van der Waals surface area (Å²) < 4.78 is 25.2. The first-order chi connectivity index (χ1) is 12.2. The van der Waals surface area contributed by atoms with E-state index in [1.807, 2.05) is 6.92 Å². The number of benzene rings is 2. The zero-order valence-electron chi connectivity index (χ0n) is 14.2. The van der Waals surface area contributed by atoms with Gasteiger partial charge in [-0.1, -0.05) is 30.7 Å². The number of sulfonamides is 1. The van der Waals surface area contributed by atoms with Crippen molar-refractivity contribution in [2.75, 3.05) is 15.4 Å². The lowest BCUT2D eigenvalue weighted by Gasteiger charge is -2.16. The Kier molecular flexibility index (Phi) is 4.77. The molecule has 1 heterocycles. The first-order valence-corrected chi connectivity index (χ1v) is 9.92. The minimum absolute atomic E-state index is 0.161. The number of nitrogens with one attached hydrogen (secondary N) is 1. The number of aryl methyl sites for hydroxylation is 1. The van der Waals surface area contributed by atoms with Gasteiger partial charge in [0.05, 0.1) is 17.4 Å². The maximum absolute atomic E-state index is 12.5. The van der Waals surface area contributed by atoms with Crippen LogP contribution < -0.4 is 9.62 Å². The molecule has 0 bridgehead atoms. The summed E-state index contributed by atoms with van der Waals surface area (Å²) in [6.07, 6.45) is 0. The summed E-state index contributed by atoms with van der Waals surface area (Å²) in [6, 6.07) is 11.1. The molecule has 0 radical (unpaired) electrons. The topological polar surface area (TPSA) is 83.6 Å². The van der Waals surface area contributed by atoms with Crippen LogP contribution in [0.3, 0.4) is 0 Å². The SMILES string of the molecule is Cc1ccc(NC(=O)c2cccc(N3C(=O)[C@H](C)CS3(=O)=O)c2)cc1Cl. The smallest absolute Gasteiger partial charge is 0.255 e. The Balaban J connectivity index is 1.88. The monoisotopic (exact) mass is 392 g/mol. The van der Waals surface area contributed by atoms with Crippen LogP contribution in [0.15, 0.2) is 42.5 Å². The molecule has 8 heteroatoms. The normalized spacial score (nSPS) is 18.8. The van der Waals surface area contributed by atoms with Gasteiger partial charge in [-0.15, -0.1) is 0 Å². The summed E-state index contributed by atoms with van der Waals surface area (Å²) >= 11 is 6.05. The molecule has 2 aromatic carbocycles. The molecule has 3 rings (SSSR count). The molecule has 0 saturated carbocycles. The highest BCUT2D eigenvalue weighted by atomic mass is 35.5. The Morgan fingerprint density at radius 3 is 2.58 bits per heavy atom. The molecule has 136 valence electrons. The summed E-state index contributed by atoms with van der Waals surface area (Å²) in [7, 11) is -3.72. The molecule has 26 heavy (non-hydrogen) atoms. The summed E-state index contributed by atoms with van der Waals surface area (Å²) in [5.74, 6) is -1.76. The van der Waals surface area contributed by atoms with E-state index >= 15 is 0 Å². The number of rotatable bonds is 3. The Hall–Kier alpha value is -2.38. The number of carbonyl (C=O) groups excluding carboxylic acids is 2. The maximum Gasteiger partial charge on any atom is 0.255 e. The van der Waals surface area contributed by atoms with Crippen LogP contribution in [-0.2, 0) is 14.8 Å². The third kappa shape index (κ3) is 3.45. The third-order valence-corrected chi connectivity index (χ3v) is 6.41. The van der Waals surface area contributed by atoms with E-state index in [4.69, 9.17) is 11.6 Å². The van der Waals surface area contributed by atoms with Crippen molar-refractivity contribution in [3.05, 3.63) is 58.6 Å². The maximum atomic E-state index is 12.5. The van der Waals surface area contributed by atoms with Crippen LogP contribution >= 0.6 is 11.6 Å². The molecule has 1 fully saturated rings. The Morgan fingerprint density at radius 1 is 1.23 bits per heavy atom. The van der Waals surface area contributed by atoms with Crippen LogP contribution in [0.5, 0.6) is 0 Å². The van der Waals surface area contributed by atoms with E-state index in [0.29, 0.717) is 10.7 Å². The first kappa shape index (κ1) is 18.4. The van der Waals surface area contributed by atoms with Gasteiger partial charge in [-0.2, -0.15) is 0 Å². The summed E-state index contributed by atoms with van der Waals surface area (Å²) in [4.78, 5) is 24.7. The quantitative estimate of drug-likeness (QED) is 0.869. The highest BCUT2D eigenvalue weighted by molar-refractivity contribution is 7.94. The van der Waals surface area contributed by atoms with E-state index in [0.717, 1.165) is 9.87 Å². The van der Waals surface area contributed by atoms with Gasteiger partial charge in [-0.05, 0) is 42.8 Å². The Bertz CT molecular complexity index is 1000. The number of carbonyl (C=O) groups is 2. The van der Waals surface area contributed by atoms with E-state index in [-0.39, 0.29) is 17.0 Å². The van der Waals surface area contributed by atoms with Crippen LogP contribution in [0.1, 0.15) is 22.8 Å². The number of anilines is 2. The van der Waals surface area contributed by atoms with Crippen LogP contribution in [0, 0.1) is 12.8 Å². The molecule has 1 N–H and O–H groups in total. The van der Waals surface area contributed by atoms with Gasteiger partial charge in [-0.25, -0.2) is 12.7 Å². The second-order valence-electron chi connectivity index (χ2n) is 6.25. The largest absolute Gasteiger partial charge is 0.322 e. The van der Waals surface area contributed by atoms with Gasteiger partial charge in [0.15, 0.2) is 0 Å². The van der Waals surface area contributed by atoms with Gasteiger partial charge in [0.25, 0.3) is 5.91 Å². The van der Waals surface area contributed by atoms with E-state index in [1.165, 1.54) is 18.2 Å². The minimum Gasteiger partial charge on any atom is -0.322 e. The van der Waals surface area contributed by atoms with Crippen molar-refractivity contribution in [3.63, 3.8) is 0 Å². The predicted molar refractivity (Wildman–Crippen MR) is 101 cm³/mol. The number of hydrogen-bond donors (Lipinski definition) is 1. The molecule has 0 aromatic heterocycles. The molecule has 0 aliphatic carbocycles. The fourth-order valence-electron chi connectivity index (χ4n) is 2.73. The number of nitrogens with zero attached hydrogens (tertiary/aromatic N) is 1. The fraction of sp³-hybridized carbons (Fsp3) is 0.222. The highest BCUT2D eigenvalue weighted by Gasteiger charge is 2.42. The molecule has 2 amide bonds. The van der Waals surface area contributed by atoms with Crippen molar-refractivity contribution in [2.24, 2.45) is 5.92 Å². The lowest BCUT2D eigenvalue weighted by Crippen LogP contribution is -2.30. The molecule has 1 aliphatic rings. The zero-order chi connectivity index (χ0) is 19.1. The van der Waals surface area contributed by atoms with E-state index in [1.54, 1.807) is 31.2 Å². The van der Waals surface area contributed by atoms with Crippen LogP contribution in [0.2, 0.25) is 5.02 Å². The van der Waals surface area contributed by atoms with Gasteiger partial charge in [0, 0.05) is 16.3 Å². The second kappa shape index (κ2) is 6.74. The second-order valence-corrected chi connectivity index (χ2v) is 8.52.